The lowest BCUT2D eigenvalue weighted by Crippen LogP contribution is -2.41. The van der Waals surface area contributed by atoms with Crippen molar-refractivity contribution in [2.45, 2.75) is 38.8 Å². The van der Waals surface area contributed by atoms with Crippen molar-refractivity contribution in [1.29, 1.82) is 0 Å². The van der Waals surface area contributed by atoms with Crippen LogP contribution in [0.4, 0.5) is 13.2 Å². The highest BCUT2D eigenvalue weighted by atomic mass is 19.4. The molecule has 0 bridgehead atoms. The number of guanidine groups is 1. The number of aliphatic imine (C=N–C) groups is 1. The molecule has 0 atom stereocenters. The van der Waals surface area contributed by atoms with E-state index in [1.54, 1.807) is 7.05 Å². The van der Waals surface area contributed by atoms with E-state index in [4.69, 9.17) is 4.74 Å². The largest absolute Gasteiger partial charge is 0.401 e. The number of hydrogen-bond acceptors (Lipinski definition) is 3. The lowest BCUT2D eigenvalue weighted by atomic mass is 9.93. The Morgan fingerprint density at radius 3 is 2.46 bits per heavy atom. The summed E-state index contributed by atoms with van der Waals surface area (Å²) in [5, 5.41) is 6.49. The zero-order valence-corrected chi connectivity index (χ0v) is 14.8. The Kier molecular flexibility index (Phi) is 10.1. The Morgan fingerprint density at radius 1 is 1.21 bits per heavy atom. The molecule has 0 aliphatic carbocycles. The second-order valence-corrected chi connectivity index (χ2v) is 6.10. The molecule has 1 aliphatic rings. The summed E-state index contributed by atoms with van der Waals surface area (Å²) in [6.07, 6.45) is -0.545. The Labute approximate surface area is 143 Å². The molecule has 0 aromatic rings. The summed E-state index contributed by atoms with van der Waals surface area (Å²) >= 11 is 0. The molecule has 5 nitrogen and oxygen atoms in total. The molecule has 1 saturated heterocycles. The van der Waals surface area contributed by atoms with Gasteiger partial charge in [-0.3, -0.25) is 9.89 Å². The zero-order chi connectivity index (χ0) is 17.8. The van der Waals surface area contributed by atoms with Gasteiger partial charge in [-0.15, -0.1) is 0 Å². The van der Waals surface area contributed by atoms with Crippen LogP contribution in [0.1, 0.15) is 32.6 Å². The number of piperidine rings is 1. The van der Waals surface area contributed by atoms with Gasteiger partial charge in [0.15, 0.2) is 5.96 Å². The van der Waals surface area contributed by atoms with Crippen molar-refractivity contribution in [1.82, 2.24) is 15.5 Å². The van der Waals surface area contributed by atoms with E-state index < -0.39 is 12.7 Å². The lowest BCUT2D eigenvalue weighted by molar-refractivity contribution is -0.148. The monoisotopic (exact) mass is 352 g/mol. The van der Waals surface area contributed by atoms with Crippen LogP contribution in [0.2, 0.25) is 0 Å². The number of nitrogens with one attached hydrogen (secondary N) is 2. The molecule has 2 N–H and O–H groups in total. The van der Waals surface area contributed by atoms with Crippen LogP contribution in [0.25, 0.3) is 0 Å². The first-order chi connectivity index (χ1) is 11.4. The molecule has 1 fully saturated rings. The summed E-state index contributed by atoms with van der Waals surface area (Å²) in [6, 6.07) is 0. The first-order valence-electron chi connectivity index (χ1n) is 8.76. The van der Waals surface area contributed by atoms with Gasteiger partial charge in [-0.05, 0) is 51.6 Å². The van der Waals surface area contributed by atoms with E-state index >= 15 is 0 Å². The molecule has 0 radical (unpaired) electrons. The average Bonchev–Trinajstić information content (AvgIpc) is 2.53. The van der Waals surface area contributed by atoms with E-state index in [1.807, 2.05) is 6.92 Å². The fraction of sp³-hybridized carbons (Fsp3) is 0.938. The highest BCUT2D eigenvalue weighted by molar-refractivity contribution is 5.79. The Bertz CT molecular complexity index is 356. The van der Waals surface area contributed by atoms with E-state index in [1.165, 1.54) is 4.90 Å². The van der Waals surface area contributed by atoms with E-state index in [9.17, 15) is 13.2 Å². The minimum Gasteiger partial charge on any atom is -0.382 e. The standard InChI is InChI=1S/C16H31F3N4O/c1-3-24-12-4-8-21-15(20-2)22-9-5-14-6-10-23(11-7-14)13-16(17,18)19/h14H,3-13H2,1-2H3,(H2,20,21,22). The summed E-state index contributed by atoms with van der Waals surface area (Å²) < 4.78 is 42.3. The van der Waals surface area contributed by atoms with Crippen molar-refractivity contribution in [3.63, 3.8) is 0 Å². The molecule has 0 unspecified atom stereocenters. The highest BCUT2D eigenvalue weighted by Gasteiger charge is 2.32. The molecule has 0 aromatic carbocycles. The van der Waals surface area contributed by atoms with Gasteiger partial charge in [-0.2, -0.15) is 13.2 Å². The molecule has 8 heteroatoms. The zero-order valence-electron chi connectivity index (χ0n) is 14.8. The molecule has 1 rings (SSSR count). The quantitative estimate of drug-likeness (QED) is 0.380. The van der Waals surface area contributed by atoms with Crippen molar-refractivity contribution in [3.8, 4) is 0 Å². The minimum atomic E-state index is -4.09. The second kappa shape index (κ2) is 11.5. The molecular formula is C16H31F3N4O. The topological polar surface area (TPSA) is 48.9 Å². The lowest BCUT2D eigenvalue weighted by Gasteiger charge is -2.32. The number of likely N-dealkylation sites (tertiary alicyclic amines) is 1. The van der Waals surface area contributed by atoms with Crippen molar-refractivity contribution >= 4 is 5.96 Å². The third-order valence-corrected chi connectivity index (χ3v) is 4.14. The van der Waals surface area contributed by atoms with Gasteiger partial charge in [0.25, 0.3) is 0 Å². The molecule has 1 heterocycles. The van der Waals surface area contributed by atoms with Gasteiger partial charge in [0.2, 0.25) is 0 Å². The first-order valence-corrected chi connectivity index (χ1v) is 8.76. The van der Waals surface area contributed by atoms with Crippen LogP contribution < -0.4 is 10.6 Å². The third-order valence-electron chi connectivity index (χ3n) is 4.14. The number of nitrogens with zero attached hydrogens (tertiary/aromatic N) is 2. The molecule has 0 spiro atoms. The Balaban J connectivity index is 2.10. The molecule has 1 aliphatic heterocycles. The summed E-state index contributed by atoms with van der Waals surface area (Å²) in [7, 11) is 1.73. The Morgan fingerprint density at radius 2 is 1.88 bits per heavy atom. The van der Waals surface area contributed by atoms with Crippen LogP contribution in [0.3, 0.4) is 0 Å². The molecular weight excluding hydrogens is 321 g/mol. The maximum atomic E-state index is 12.4. The van der Waals surface area contributed by atoms with Gasteiger partial charge in [-0.25, -0.2) is 0 Å². The maximum absolute atomic E-state index is 12.4. The van der Waals surface area contributed by atoms with Crippen molar-refractivity contribution in [2.75, 3.05) is 53.0 Å². The SMILES string of the molecule is CCOCCCNC(=NC)NCCC1CCN(CC(F)(F)F)CC1. The molecule has 142 valence electrons. The van der Waals surface area contributed by atoms with Gasteiger partial charge in [-0.1, -0.05) is 0 Å². The van der Waals surface area contributed by atoms with Crippen LogP contribution in [0.15, 0.2) is 4.99 Å². The van der Waals surface area contributed by atoms with Crippen LogP contribution in [0, 0.1) is 5.92 Å². The molecule has 0 aromatic heterocycles. The van der Waals surface area contributed by atoms with Crippen LogP contribution in [-0.2, 0) is 4.74 Å². The van der Waals surface area contributed by atoms with Crippen molar-refractivity contribution in [2.24, 2.45) is 10.9 Å². The summed E-state index contributed by atoms with van der Waals surface area (Å²) in [4.78, 5) is 5.66. The fourth-order valence-corrected chi connectivity index (χ4v) is 2.83. The van der Waals surface area contributed by atoms with Gasteiger partial charge >= 0.3 is 6.18 Å². The van der Waals surface area contributed by atoms with Gasteiger partial charge in [0.05, 0.1) is 6.54 Å². The number of hydrogen-bond donors (Lipinski definition) is 2. The van der Waals surface area contributed by atoms with E-state index in [0.29, 0.717) is 19.0 Å². The fourth-order valence-electron chi connectivity index (χ4n) is 2.83. The normalized spacial score (nSPS) is 18.0. The van der Waals surface area contributed by atoms with Crippen molar-refractivity contribution < 1.29 is 17.9 Å². The predicted octanol–water partition coefficient (Wildman–Crippen LogP) is 2.24. The summed E-state index contributed by atoms with van der Waals surface area (Å²) in [5.41, 5.74) is 0. The summed E-state index contributed by atoms with van der Waals surface area (Å²) in [5.74, 6) is 1.25. The first kappa shape index (κ1) is 21.0. The van der Waals surface area contributed by atoms with E-state index in [0.717, 1.165) is 57.9 Å². The third kappa shape index (κ3) is 9.97. The smallest absolute Gasteiger partial charge is 0.382 e. The van der Waals surface area contributed by atoms with Crippen LogP contribution in [0.5, 0.6) is 0 Å². The summed E-state index contributed by atoms with van der Waals surface area (Å²) in [6.45, 7) is 5.32. The second-order valence-electron chi connectivity index (χ2n) is 6.10. The van der Waals surface area contributed by atoms with E-state index in [2.05, 4.69) is 15.6 Å². The maximum Gasteiger partial charge on any atom is 0.401 e. The number of ether oxygens (including phenoxy) is 1. The van der Waals surface area contributed by atoms with Gasteiger partial charge < -0.3 is 15.4 Å². The average molecular weight is 352 g/mol. The van der Waals surface area contributed by atoms with E-state index in [-0.39, 0.29) is 0 Å². The number of halogens is 3. The highest BCUT2D eigenvalue weighted by Crippen LogP contribution is 2.23. The number of alkyl halides is 3. The van der Waals surface area contributed by atoms with Crippen LogP contribution >= 0.6 is 0 Å². The van der Waals surface area contributed by atoms with Crippen molar-refractivity contribution in [3.05, 3.63) is 0 Å². The molecule has 0 amide bonds. The number of rotatable bonds is 9. The van der Waals surface area contributed by atoms with Gasteiger partial charge in [0, 0.05) is 33.4 Å². The minimum absolute atomic E-state index is 0.484. The van der Waals surface area contributed by atoms with Gasteiger partial charge in [0.1, 0.15) is 0 Å². The molecule has 24 heavy (non-hydrogen) atoms. The predicted molar refractivity (Wildman–Crippen MR) is 90.3 cm³/mol. The van der Waals surface area contributed by atoms with Crippen LogP contribution in [-0.4, -0.2) is 70.0 Å². The Hall–Kier alpha value is -1.02. The molecule has 0 saturated carbocycles.